The summed E-state index contributed by atoms with van der Waals surface area (Å²) in [5.74, 6) is 0.562. The molecule has 4 rings (SSSR count). The Hall–Kier alpha value is -3.41. The highest BCUT2D eigenvalue weighted by molar-refractivity contribution is 5.88. The molecule has 0 spiro atoms. The van der Waals surface area contributed by atoms with E-state index in [0.717, 1.165) is 22.1 Å². The molecule has 2 aromatic carbocycles. The smallest absolute Gasteiger partial charge is 0.242 e. The number of rotatable bonds is 5. The molecule has 6 heteroatoms. The standard InChI is InChI=1S/C20H19N5O/c1-21-20(26)16(11-14-7-3-2-4-8-14)24-19-18-12-22-13-25(18)17-10-6-5-9-15(17)23-19/h2-10,12-13,16H,11H2,1H3,(H,21,26)(H,23,24). The van der Waals surface area contributed by atoms with Gasteiger partial charge in [-0.25, -0.2) is 9.97 Å². The zero-order valence-electron chi connectivity index (χ0n) is 14.4. The van der Waals surface area contributed by atoms with Crippen LogP contribution in [0.3, 0.4) is 0 Å². The Morgan fingerprint density at radius 1 is 1.08 bits per heavy atom. The number of benzene rings is 2. The van der Waals surface area contributed by atoms with Gasteiger partial charge in [0.05, 0.1) is 23.6 Å². The Morgan fingerprint density at radius 2 is 1.85 bits per heavy atom. The number of nitrogens with one attached hydrogen (secondary N) is 2. The number of aromatic nitrogens is 3. The van der Waals surface area contributed by atoms with Crippen LogP contribution in [0.4, 0.5) is 5.82 Å². The molecule has 0 saturated heterocycles. The highest BCUT2D eigenvalue weighted by Crippen LogP contribution is 2.22. The highest BCUT2D eigenvalue weighted by Gasteiger charge is 2.20. The minimum absolute atomic E-state index is 0.0820. The highest BCUT2D eigenvalue weighted by atomic mass is 16.2. The van der Waals surface area contributed by atoms with Gasteiger partial charge in [0.1, 0.15) is 11.6 Å². The van der Waals surface area contributed by atoms with Crippen molar-refractivity contribution >= 4 is 28.3 Å². The van der Waals surface area contributed by atoms with Gasteiger partial charge < -0.3 is 10.6 Å². The van der Waals surface area contributed by atoms with Gasteiger partial charge in [-0.05, 0) is 17.7 Å². The summed E-state index contributed by atoms with van der Waals surface area (Å²) in [5, 5.41) is 6.05. The molecule has 0 saturated carbocycles. The summed E-state index contributed by atoms with van der Waals surface area (Å²) in [4.78, 5) is 21.4. The van der Waals surface area contributed by atoms with Crippen molar-refractivity contribution < 1.29 is 4.79 Å². The van der Waals surface area contributed by atoms with E-state index in [9.17, 15) is 4.79 Å². The molecule has 1 atom stereocenters. The summed E-state index contributed by atoms with van der Waals surface area (Å²) in [6, 6.07) is 17.4. The van der Waals surface area contributed by atoms with Gasteiger partial charge in [0.25, 0.3) is 0 Å². The molecule has 6 nitrogen and oxygen atoms in total. The summed E-state index contributed by atoms with van der Waals surface area (Å²) in [6.45, 7) is 0. The van der Waals surface area contributed by atoms with Crippen molar-refractivity contribution in [1.29, 1.82) is 0 Å². The van der Waals surface area contributed by atoms with Gasteiger partial charge in [0.2, 0.25) is 5.91 Å². The SMILES string of the molecule is CNC(=O)C(Cc1ccccc1)Nc1nc2ccccc2n2cncc12. The van der Waals surface area contributed by atoms with E-state index in [4.69, 9.17) is 4.98 Å². The summed E-state index contributed by atoms with van der Waals surface area (Å²) in [7, 11) is 1.64. The van der Waals surface area contributed by atoms with E-state index < -0.39 is 6.04 Å². The van der Waals surface area contributed by atoms with E-state index in [1.165, 1.54) is 0 Å². The molecule has 0 aliphatic heterocycles. The lowest BCUT2D eigenvalue weighted by Gasteiger charge is -2.19. The Morgan fingerprint density at radius 3 is 2.65 bits per heavy atom. The first kappa shape index (κ1) is 16.1. The van der Waals surface area contributed by atoms with Crippen molar-refractivity contribution in [3.8, 4) is 0 Å². The zero-order chi connectivity index (χ0) is 17.9. The molecule has 1 amide bonds. The number of carbonyl (C=O) groups is 1. The summed E-state index contributed by atoms with van der Waals surface area (Å²) < 4.78 is 1.98. The quantitative estimate of drug-likeness (QED) is 0.583. The van der Waals surface area contributed by atoms with Crippen LogP contribution in [0.1, 0.15) is 5.56 Å². The molecule has 0 radical (unpaired) electrons. The Kier molecular flexibility index (Phi) is 4.23. The van der Waals surface area contributed by atoms with Crippen molar-refractivity contribution in [1.82, 2.24) is 19.7 Å². The molecule has 2 N–H and O–H groups in total. The molecule has 1 unspecified atom stereocenters. The van der Waals surface area contributed by atoms with Crippen molar-refractivity contribution in [2.45, 2.75) is 12.5 Å². The van der Waals surface area contributed by atoms with Gasteiger partial charge in [-0.1, -0.05) is 42.5 Å². The van der Waals surface area contributed by atoms with Crippen molar-refractivity contribution in [3.05, 3.63) is 72.7 Å². The van der Waals surface area contributed by atoms with Gasteiger partial charge in [0.15, 0.2) is 5.82 Å². The molecular weight excluding hydrogens is 326 g/mol. The fraction of sp³-hybridized carbons (Fsp3) is 0.150. The maximum Gasteiger partial charge on any atom is 0.242 e. The number of carbonyl (C=O) groups excluding carboxylic acids is 1. The third kappa shape index (κ3) is 2.97. The van der Waals surface area contributed by atoms with Gasteiger partial charge in [-0.3, -0.25) is 9.20 Å². The van der Waals surface area contributed by atoms with Gasteiger partial charge >= 0.3 is 0 Å². The number of hydrogen-bond donors (Lipinski definition) is 2. The predicted octanol–water partition coefficient (Wildman–Crippen LogP) is 2.65. The topological polar surface area (TPSA) is 71.3 Å². The Labute approximate surface area is 150 Å². The normalized spacial score (nSPS) is 12.2. The second-order valence-electron chi connectivity index (χ2n) is 6.10. The van der Waals surface area contributed by atoms with Crippen molar-refractivity contribution in [3.63, 3.8) is 0 Å². The fourth-order valence-corrected chi connectivity index (χ4v) is 3.11. The molecule has 2 heterocycles. The van der Waals surface area contributed by atoms with Crippen LogP contribution in [0.15, 0.2) is 67.1 Å². The molecule has 130 valence electrons. The maximum atomic E-state index is 12.4. The lowest BCUT2D eigenvalue weighted by molar-refractivity contribution is -0.121. The molecule has 0 aliphatic carbocycles. The lowest BCUT2D eigenvalue weighted by Crippen LogP contribution is -2.39. The van der Waals surface area contributed by atoms with Crippen LogP contribution in [0.25, 0.3) is 16.6 Å². The molecule has 0 fully saturated rings. The van der Waals surface area contributed by atoms with Crippen LogP contribution in [0.5, 0.6) is 0 Å². The van der Waals surface area contributed by atoms with Crippen molar-refractivity contribution in [2.75, 3.05) is 12.4 Å². The van der Waals surface area contributed by atoms with E-state index in [0.29, 0.717) is 12.2 Å². The molecular formula is C20H19N5O. The monoisotopic (exact) mass is 345 g/mol. The summed E-state index contributed by atoms with van der Waals surface area (Å²) >= 11 is 0. The molecule has 4 aromatic rings. The van der Waals surface area contributed by atoms with E-state index in [-0.39, 0.29) is 5.91 Å². The van der Waals surface area contributed by atoms with Crippen LogP contribution in [-0.4, -0.2) is 33.4 Å². The summed E-state index contributed by atoms with van der Waals surface area (Å²) in [5.41, 5.74) is 3.74. The Balaban J connectivity index is 1.74. The largest absolute Gasteiger partial charge is 0.357 e. The molecule has 0 bridgehead atoms. The Bertz CT molecular complexity index is 1060. The van der Waals surface area contributed by atoms with E-state index in [1.807, 2.05) is 59.0 Å². The first-order valence-electron chi connectivity index (χ1n) is 8.49. The third-order valence-electron chi connectivity index (χ3n) is 4.41. The minimum Gasteiger partial charge on any atom is -0.357 e. The predicted molar refractivity (Wildman–Crippen MR) is 102 cm³/mol. The average Bonchev–Trinajstić information content (AvgIpc) is 3.18. The van der Waals surface area contributed by atoms with E-state index >= 15 is 0 Å². The molecule has 26 heavy (non-hydrogen) atoms. The maximum absolute atomic E-state index is 12.4. The fourth-order valence-electron chi connectivity index (χ4n) is 3.11. The van der Waals surface area contributed by atoms with E-state index in [2.05, 4.69) is 15.6 Å². The number of anilines is 1. The van der Waals surface area contributed by atoms with Crippen LogP contribution < -0.4 is 10.6 Å². The van der Waals surface area contributed by atoms with Crippen LogP contribution in [0.2, 0.25) is 0 Å². The number of fused-ring (bicyclic) bond motifs is 3. The van der Waals surface area contributed by atoms with Crippen LogP contribution in [-0.2, 0) is 11.2 Å². The second kappa shape index (κ2) is 6.84. The van der Waals surface area contributed by atoms with Gasteiger partial charge in [-0.15, -0.1) is 0 Å². The first-order chi connectivity index (χ1) is 12.8. The number of imidazole rings is 1. The van der Waals surface area contributed by atoms with Gasteiger partial charge in [0, 0.05) is 13.5 Å². The first-order valence-corrected chi connectivity index (χ1v) is 8.49. The minimum atomic E-state index is -0.435. The number of likely N-dealkylation sites (N-methyl/N-ethyl adjacent to an activating group) is 1. The molecule has 0 aliphatic rings. The van der Waals surface area contributed by atoms with E-state index in [1.54, 1.807) is 19.6 Å². The number of amides is 1. The zero-order valence-corrected chi connectivity index (χ0v) is 14.4. The second-order valence-corrected chi connectivity index (χ2v) is 6.10. The average molecular weight is 345 g/mol. The molecule has 2 aromatic heterocycles. The number of para-hydroxylation sites is 2. The van der Waals surface area contributed by atoms with Gasteiger partial charge in [-0.2, -0.15) is 0 Å². The summed E-state index contributed by atoms with van der Waals surface area (Å²) in [6.07, 6.45) is 4.08. The third-order valence-corrected chi connectivity index (χ3v) is 4.41. The van der Waals surface area contributed by atoms with Crippen LogP contribution in [0, 0.1) is 0 Å². The van der Waals surface area contributed by atoms with Crippen molar-refractivity contribution in [2.24, 2.45) is 0 Å². The number of nitrogens with zero attached hydrogens (tertiary/aromatic N) is 3. The number of hydrogen-bond acceptors (Lipinski definition) is 4. The lowest BCUT2D eigenvalue weighted by atomic mass is 10.1. The van der Waals surface area contributed by atoms with Crippen LogP contribution >= 0.6 is 0 Å².